The Labute approximate surface area is 91.2 Å². The Morgan fingerprint density at radius 1 is 1.50 bits per heavy atom. The highest BCUT2D eigenvalue weighted by molar-refractivity contribution is 5.72. The summed E-state index contributed by atoms with van der Waals surface area (Å²) in [4.78, 5) is 14.7. The Hall–Kier alpha value is -1.72. The Kier molecular flexibility index (Phi) is 4.16. The quantitative estimate of drug-likeness (QED) is 0.740. The van der Waals surface area contributed by atoms with E-state index in [1.54, 1.807) is 0 Å². The molecule has 6 heteroatoms. The zero-order valence-corrected chi connectivity index (χ0v) is 8.87. The molecule has 0 atom stereocenters. The van der Waals surface area contributed by atoms with Gasteiger partial charge in [-0.1, -0.05) is 0 Å². The van der Waals surface area contributed by atoms with Gasteiger partial charge in [0.15, 0.2) is 0 Å². The monoisotopic (exact) mass is 231 g/mol. The van der Waals surface area contributed by atoms with Gasteiger partial charge < -0.3 is 9.47 Å². The standard InChI is InChI=1S/C10H11F2NO3/c1-15-8-4-7(10(11)12)6(5-13-8)3-9(14)16-2/h4-5,10H,3H2,1-2H3. The van der Waals surface area contributed by atoms with Gasteiger partial charge in [0.2, 0.25) is 5.88 Å². The van der Waals surface area contributed by atoms with Crippen molar-refractivity contribution in [2.45, 2.75) is 12.8 Å². The van der Waals surface area contributed by atoms with Gasteiger partial charge in [0.05, 0.1) is 20.6 Å². The Morgan fingerprint density at radius 3 is 2.69 bits per heavy atom. The smallest absolute Gasteiger partial charge is 0.310 e. The second-order valence-corrected chi connectivity index (χ2v) is 2.98. The van der Waals surface area contributed by atoms with Crippen LogP contribution in [0.15, 0.2) is 12.3 Å². The number of rotatable bonds is 4. The average Bonchev–Trinajstić information content (AvgIpc) is 2.29. The Balaban J connectivity index is 3.03. The first kappa shape index (κ1) is 12.4. The fraction of sp³-hybridized carbons (Fsp3) is 0.400. The molecule has 0 radical (unpaired) electrons. The summed E-state index contributed by atoms with van der Waals surface area (Å²) >= 11 is 0. The van der Waals surface area contributed by atoms with Crippen LogP contribution in [0.3, 0.4) is 0 Å². The molecule has 0 fully saturated rings. The summed E-state index contributed by atoms with van der Waals surface area (Å²) in [5.41, 5.74) is -0.125. The van der Waals surface area contributed by atoms with Crippen molar-refractivity contribution in [1.82, 2.24) is 4.98 Å². The molecule has 4 nitrogen and oxygen atoms in total. The van der Waals surface area contributed by atoms with Gasteiger partial charge in [0, 0.05) is 17.8 Å². The molecule has 0 amide bonds. The van der Waals surface area contributed by atoms with Crippen molar-refractivity contribution in [3.8, 4) is 5.88 Å². The summed E-state index contributed by atoms with van der Waals surface area (Å²) in [5, 5.41) is 0. The first-order valence-electron chi connectivity index (χ1n) is 4.46. The van der Waals surface area contributed by atoms with Crippen molar-refractivity contribution >= 4 is 5.97 Å². The summed E-state index contributed by atoms with van der Waals surface area (Å²) in [6.45, 7) is 0. The van der Waals surface area contributed by atoms with Gasteiger partial charge in [-0.3, -0.25) is 4.79 Å². The molecular weight excluding hydrogens is 220 g/mol. The van der Waals surface area contributed by atoms with Crippen LogP contribution in [0.25, 0.3) is 0 Å². The molecule has 0 saturated carbocycles. The van der Waals surface area contributed by atoms with E-state index in [9.17, 15) is 13.6 Å². The fourth-order valence-corrected chi connectivity index (χ4v) is 1.17. The molecule has 0 unspecified atom stereocenters. The number of esters is 1. The van der Waals surface area contributed by atoms with E-state index in [1.165, 1.54) is 20.4 Å². The predicted octanol–water partition coefficient (Wildman–Crippen LogP) is 1.74. The average molecular weight is 231 g/mol. The van der Waals surface area contributed by atoms with Crippen molar-refractivity contribution < 1.29 is 23.0 Å². The van der Waals surface area contributed by atoms with E-state index in [4.69, 9.17) is 4.74 Å². The largest absolute Gasteiger partial charge is 0.481 e. The maximum atomic E-state index is 12.7. The number of alkyl halides is 2. The van der Waals surface area contributed by atoms with Crippen LogP contribution >= 0.6 is 0 Å². The third kappa shape index (κ3) is 2.88. The topological polar surface area (TPSA) is 48.4 Å². The van der Waals surface area contributed by atoms with Crippen LogP contribution in [0, 0.1) is 0 Å². The second-order valence-electron chi connectivity index (χ2n) is 2.98. The summed E-state index contributed by atoms with van der Waals surface area (Å²) in [5.74, 6) is -0.502. The van der Waals surface area contributed by atoms with Gasteiger partial charge in [0.25, 0.3) is 6.43 Å². The molecule has 0 spiro atoms. The number of aromatic nitrogens is 1. The molecular formula is C10H11F2NO3. The minimum atomic E-state index is -2.68. The molecule has 0 bridgehead atoms. The van der Waals surface area contributed by atoms with E-state index in [0.29, 0.717) is 0 Å². The molecule has 1 heterocycles. The first-order chi connectivity index (χ1) is 7.58. The number of carbonyl (C=O) groups is 1. The first-order valence-corrected chi connectivity index (χ1v) is 4.46. The van der Waals surface area contributed by atoms with Gasteiger partial charge in [0.1, 0.15) is 0 Å². The van der Waals surface area contributed by atoms with E-state index in [0.717, 1.165) is 6.07 Å². The number of nitrogens with zero attached hydrogens (tertiary/aromatic N) is 1. The number of halogens is 2. The zero-order chi connectivity index (χ0) is 12.1. The molecule has 0 aliphatic heterocycles. The summed E-state index contributed by atoms with van der Waals surface area (Å²) < 4.78 is 34.5. The molecule has 0 aliphatic rings. The highest BCUT2D eigenvalue weighted by Gasteiger charge is 2.17. The van der Waals surface area contributed by atoms with E-state index in [-0.39, 0.29) is 23.4 Å². The van der Waals surface area contributed by atoms with E-state index >= 15 is 0 Å². The van der Waals surface area contributed by atoms with Crippen LogP contribution in [0.4, 0.5) is 8.78 Å². The zero-order valence-electron chi connectivity index (χ0n) is 8.87. The lowest BCUT2D eigenvalue weighted by Gasteiger charge is -2.08. The lowest BCUT2D eigenvalue weighted by atomic mass is 10.1. The van der Waals surface area contributed by atoms with Gasteiger partial charge >= 0.3 is 5.97 Å². The third-order valence-corrected chi connectivity index (χ3v) is 2.00. The summed E-state index contributed by atoms with van der Waals surface area (Å²) in [7, 11) is 2.53. The highest BCUT2D eigenvalue weighted by atomic mass is 19.3. The second kappa shape index (κ2) is 5.39. The lowest BCUT2D eigenvalue weighted by molar-refractivity contribution is -0.139. The molecule has 16 heavy (non-hydrogen) atoms. The number of carbonyl (C=O) groups excluding carboxylic acids is 1. The lowest BCUT2D eigenvalue weighted by Crippen LogP contribution is -2.08. The predicted molar refractivity (Wildman–Crippen MR) is 51.5 cm³/mol. The van der Waals surface area contributed by atoms with Crippen molar-refractivity contribution in [3.05, 3.63) is 23.4 Å². The molecule has 1 aromatic rings. The van der Waals surface area contributed by atoms with Crippen molar-refractivity contribution in [1.29, 1.82) is 0 Å². The van der Waals surface area contributed by atoms with E-state index in [1.807, 2.05) is 0 Å². The fourth-order valence-electron chi connectivity index (χ4n) is 1.17. The van der Waals surface area contributed by atoms with E-state index < -0.39 is 12.4 Å². The van der Waals surface area contributed by atoms with Crippen molar-refractivity contribution in [2.75, 3.05) is 14.2 Å². The van der Waals surface area contributed by atoms with Gasteiger partial charge in [-0.05, 0) is 5.56 Å². The van der Waals surface area contributed by atoms with Crippen LogP contribution < -0.4 is 4.74 Å². The molecule has 0 saturated heterocycles. The van der Waals surface area contributed by atoms with Crippen LogP contribution in [-0.2, 0) is 16.0 Å². The molecule has 0 aliphatic carbocycles. The van der Waals surface area contributed by atoms with Gasteiger partial charge in [-0.25, -0.2) is 13.8 Å². The number of hydrogen-bond acceptors (Lipinski definition) is 4. The number of ether oxygens (including phenoxy) is 2. The Bertz CT molecular complexity index is 382. The van der Waals surface area contributed by atoms with Crippen LogP contribution in [0.2, 0.25) is 0 Å². The normalized spacial score (nSPS) is 10.3. The minimum absolute atomic E-state index is 0.0870. The number of pyridine rings is 1. The van der Waals surface area contributed by atoms with Gasteiger partial charge in [-0.2, -0.15) is 0 Å². The van der Waals surface area contributed by atoms with Gasteiger partial charge in [-0.15, -0.1) is 0 Å². The molecule has 1 rings (SSSR count). The Morgan fingerprint density at radius 2 is 2.19 bits per heavy atom. The SMILES string of the molecule is COC(=O)Cc1cnc(OC)cc1C(F)F. The summed E-state index contributed by atoms with van der Waals surface area (Å²) in [6, 6.07) is 1.11. The van der Waals surface area contributed by atoms with Crippen LogP contribution in [0.5, 0.6) is 5.88 Å². The third-order valence-electron chi connectivity index (χ3n) is 2.00. The van der Waals surface area contributed by atoms with E-state index in [2.05, 4.69) is 9.72 Å². The minimum Gasteiger partial charge on any atom is -0.481 e. The molecule has 0 N–H and O–H groups in total. The molecule has 1 aromatic heterocycles. The molecule has 0 aromatic carbocycles. The van der Waals surface area contributed by atoms with Crippen LogP contribution in [0.1, 0.15) is 17.6 Å². The van der Waals surface area contributed by atoms with Crippen molar-refractivity contribution in [2.24, 2.45) is 0 Å². The highest BCUT2D eigenvalue weighted by Crippen LogP contribution is 2.25. The van der Waals surface area contributed by atoms with Crippen molar-refractivity contribution in [3.63, 3.8) is 0 Å². The summed E-state index contributed by atoms with van der Waals surface area (Å²) in [6.07, 6.45) is -1.72. The van der Waals surface area contributed by atoms with Crippen LogP contribution in [-0.4, -0.2) is 25.2 Å². The number of methoxy groups -OCH3 is 2. The maximum absolute atomic E-state index is 12.7. The maximum Gasteiger partial charge on any atom is 0.310 e. The number of hydrogen-bond donors (Lipinski definition) is 0. The molecule has 88 valence electrons.